The van der Waals surface area contributed by atoms with E-state index in [9.17, 15) is 4.79 Å². The zero-order chi connectivity index (χ0) is 19.5. The molecule has 3 heterocycles. The van der Waals surface area contributed by atoms with Crippen molar-refractivity contribution < 1.29 is 9.53 Å². The first kappa shape index (κ1) is 18.2. The van der Waals surface area contributed by atoms with Gasteiger partial charge >= 0.3 is 0 Å². The molecule has 2 aromatic heterocycles. The molecule has 0 spiro atoms. The number of rotatable bonds is 5. The molecule has 1 N–H and O–H groups in total. The summed E-state index contributed by atoms with van der Waals surface area (Å²) in [5, 5.41) is 3.86. The van der Waals surface area contributed by atoms with E-state index in [2.05, 4.69) is 20.2 Å². The molecule has 0 bridgehead atoms. The highest BCUT2D eigenvalue weighted by Gasteiger charge is 2.14. The number of nitrogens with one attached hydrogen (secondary N) is 1. The smallest absolute Gasteiger partial charge is 0.253 e. The van der Waals surface area contributed by atoms with Gasteiger partial charge < -0.3 is 15.0 Å². The quantitative estimate of drug-likeness (QED) is 0.738. The number of amides is 1. The van der Waals surface area contributed by atoms with Crippen LogP contribution in [0.25, 0.3) is 10.9 Å². The molecule has 1 amide bonds. The monoisotopic (exact) mass is 376 g/mol. The van der Waals surface area contributed by atoms with Gasteiger partial charge in [-0.15, -0.1) is 0 Å². The molecule has 3 aromatic rings. The molecule has 0 aliphatic carbocycles. The number of pyridine rings is 2. The van der Waals surface area contributed by atoms with Crippen molar-refractivity contribution in [1.82, 2.24) is 15.3 Å². The highest BCUT2D eigenvalue weighted by Crippen LogP contribution is 2.22. The molecule has 28 heavy (non-hydrogen) atoms. The SMILES string of the molecule is COc1ccc2nc(C)c(C(=O)NCc3ccc(N4CCCC4)nc3)cc2c1. The third kappa shape index (κ3) is 3.76. The van der Waals surface area contributed by atoms with E-state index in [1.165, 1.54) is 12.8 Å². The van der Waals surface area contributed by atoms with Crippen LogP contribution in [0.5, 0.6) is 5.75 Å². The standard InChI is InChI=1S/C22H24N4O2/c1-15-19(12-17-11-18(28-2)6-7-20(17)25-15)22(27)24-14-16-5-8-21(23-13-16)26-9-3-4-10-26/h5-8,11-13H,3-4,9-10,14H2,1-2H3,(H,24,27). The predicted octanol–water partition coefficient (Wildman–Crippen LogP) is 3.48. The highest BCUT2D eigenvalue weighted by molar-refractivity contribution is 5.98. The van der Waals surface area contributed by atoms with Gasteiger partial charge in [0.15, 0.2) is 0 Å². The van der Waals surface area contributed by atoms with Crippen molar-refractivity contribution in [1.29, 1.82) is 0 Å². The van der Waals surface area contributed by atoms with Crippen molar-refractivity contribution in [2.45, 2.75) is 26.3 Å². The maximum Gasteiger partial charge on any atom is 0.253 e. The van der Waals surface area contributed by atoms with Crippen molar-refractivity contribution in [3.05, 3.63) is 59.4 Å². The molecule has 1 aromatic carbocycles. The zero-order valence-electron chi connectivity index (χ0n) is 16.2. The number of aryl methyl sites for hydroxylation is 1. The van der Waals surface area contributed by atoms with E-state index in [0.29, 0.717) is 17.8 Å². The molecule has 1 saturated heterocycles. The molecule has 1 fully saturated rings. The van der Waals surface area contributed by atoms with Crippen molar-refractivity contribution in [2.24, 2.45) is 0 Å². The van der Waals surface area contributed by atoms with E-state index < -0.39 is 0 Å². The fourth-order valence-electron chi connectivity index (χ4n) is 3.54. The number of carbonyl (C=O) groups excluding carboxylic acids is 1. The fraction of sp³-hybridized carbons (Fsp3) is 0.318. The lowest BCUT2D eigenvalue weighted by molar-refractivity contribution is 0.0950. The summed E-state index contributed by atoms with van der Waals surface area (Å²) in [5.41, 5.74) is 3.10. The lowest BCUT2D eigenvalue weighted by atomic mass is 10.1. The number of anilines is 1. The van der Waals surface area contributed by atoms with Crippen LogP contribution in [0.2, 0.25) is 0 Å². The molecule has 6 heteroatoms. The van der Waals surface area contributed by atoms with Gasteiger partial charge in [-0.05, 0) is 55.7 Å². The molecule has 0 radical (unpaired) electrons. The summed E-state index contributed by atoms with van der Waals surface area (Å²) >= 11 is 0. The second-order valence-corrected chi connectivity index (χ2v) is 7.08. The first-order chi connectivity index (χ1) is 13.6. The number of methoxy groups -OCH3 is 1. The number of ether oxygens (including phenoxy) is 1. The summed E-state index contributed by atoms with van der Waals surface area (Å²) in [6.07, 6.45) is 4.29. The number of benzene rings is 1. The van der Waals surface area contributed by atoms with Gasteiger partial charge in [0.25, 0.3) is 5.91 Å². The van der Waals surface area contributed by atoms with Crippen LogP contribution in [-0.2, 0) is 6.54 Å². The average Bonchev–Trinajstić information content (AvgIpc) is 3.26. The number of fused-ring (bicyclic) bond motifs is 1. The Balaban J connectivity index is 1.46. The van der Waals surface area contributed by atoms with Crippen LogP contribution < -0.4 is 15.0 Å². The topological polar surface area (TPSA) is 67.3 Å². The number of hydrogen-bond donors (Lipinski definition) is 1. The third-order valence-corrected chi connectivity index (χ3v) is 5.15. The van der Waals surface area contributed by atoms with E-state index in [4.69, 9.17) is 4.74 Å². The lowest BCUT2D eigenvalue weighted by Crippen LogP contribution is -2.24. The first-order valence-electron chi connectivity index (χ1n) is 9.57. The molecule has 6 nitrogen and oxygen atoms in total. The van der Waals surface area contributed by atoms with Crippen LogP contribution in [0.4, 0.5) is 5.82 Å². The minimum Gasteiger partial charge on any atom is -0.497 e. The van der Waals surface area contributed by atoms with E-state index in [-0.39, 0.29) is 5.91 Å². The van der Waals surface area contributed by atoms with Crippen LogP contribution >= 0.6 is 0 Å². The summed E-state index contributed by atoms with van der Waals surface area (Å²) in [6, 6.07) is 11.6. The van der Waals surface area contributed by atoms with Gasteiger partial charge in [-0.2, -0.15) is 0 Å². The van der Waals surface area contributed by atoms with Gasteiger partial charge in [0.05, 0.1) is 23.9 Å². The summed E-state index contributed by atoms with van der Waals surface area (Å²) in [7, 11) is 1.62. The van der Waals surface area contributed by atoms with Gasteiger partial charge in [-0.1, -0.05) is 6.07 Å². The van der Waals surface area contributed by atoms with Crippen LogP contribution in [0.15, 0.2) is 42.6 Å². The molecule has 144 valence electrons. The minimum atomic E-state index is -0.140. The molecule has 4 rings (SSSR count). The third-order valence-electron chi connectivity index (χ3n) is 5.15. The molecule has 1 aliphatic rings. The van der Waals surface area contributed by atoms with Gasteiger partial charge in [0.1, 0.15) is 11.6 Å². The van der Waals surface area contributed by atoms with Crippen LogP contribution in [0.3, 0.4) is 0 Å². The van der Waals surface area contributed by atoms with Gasteiger partial charge in [0.2, 0.25) is 0 Å². The number of nitrogens with zero attached hydrogens (tertiary/aromatic N) is 3. The highest BCUT2D eigenvalue weighted by atomic mass is 16.5. The second-order valence-electron chi connectivity index (χ2n) is 7.08. The van der Waals surface area contributed by atoms with Crippen LogP contribution in [-0.4, -0.2) is 36.1 Å². The van der Waals surface area contributed by atoms with Crippen molar-refractivity contribution >= 4 is 22.6 Å². The van der Waals surface area contributed by atoms with E-state index in [1.807, 2.05) is 49.5 Å². The van der Waals surface area contributed by atoms with E-state index >= 15 is 0 Å². The largest absolute Gasteiger partial charge is 0.497 e. The predicted molar refractivity (Wildman–Crippen MR) is 110 cm³/mol. The Labute approximate surface area is 164 Å². The number of hydrogen-bond acceptors (Lipinski definition) is 5. The van der Waals surface area contributed by atoms with Crippen LogP contribution in [0, 0.1) is 6.92 Å². The Kier molecular flexibility index (Phi) is 5.10. The maximum absolute atomic E-state index is 12.7. The lowest BCUT2D eigenvalue weighted by Gasteiger charge is -2.16. The van der Waals surface area contributed by atoms with Crippen molar-refractivity contribution in [3.63, 3.8) is 0 Å². The molecular weight excluding hydrogens is 352 g/mol. The van der Waals surface area contributed by atoms with Gasteiger partial charge in [-0.3, -0.25) is 9.78 Å². The maximum atomic E-state index is 12.7. The zero-order valence-corrected chi connectivity index (χ0v) is 16.2. The minimum absolute atomic E-state index is 0.140. The molecule has 0 saturated carbocycles. The summed E-state index contributed by atoms with van der Waals surface area (Å²) in [6.45, 7) is 4.43. The van der Waals surface area contributed by atoms with E-state index in [1.54, 1.807) is 7.11 Å². The summed E-state index contributed by atoms with van der Waals surface area (Å²) in [5.74, 6) is 1.61. The van der Waals surface area contributed by atoms with Gasteiger partial charge in [-0.25, -0.2) is 4.98 Å². The summed E-state index contributed by atoms with van der Waals surface area (Å²) < 4.78 is 5.27. The van der Waals surface area contributed by atoms with E-state index in [0.717, 1.165) is 41.1 Å². The Morgan fingerprint density at radius 3 is 2.71 bits per heavy atom. The average molecular weight is 376 g/mol. The van der Waals surface area contributed by atoms with Gasteiger partial charge in [0, 0.05) is 31.2 Å². The normalized spacial score (nSPS) is 13.7. The van der Waals surface area contributed by atoms with Crippen LogP contribution in [0.1, 0.15) is 34.5 Å². The Morgan fingerprint density at radius 2 is 2.00 bits per heavy atom. The number of aromatic nitrogens is 2. The molecule has 0 unspecified atom stereocenters. The second kappa shape index (κ2) is 7.84. The first-order valence-corrected chi connectivity index (χ1v) is 9.57. The number of carbonyl (C=O) groups is 1. The Morgan fingerprint density at radius 1 is 1.18 bits per heavy atom. The fourth-order valence-corrected chi connectivity index (χ4v) is 3.54. The Hall–Kier alpha value is -3.15. The Bertz CT molecular complexity index is 995. The molecular formula is C22H24N4O2. The van der Waals surface area contributed by atoms with Crippen molar-refractivity contribution in [3.8, 4) is 5.75 Å². The molecule has 1 aliphatic heterocycles. The van der Waals surface area contributed by atoms with Crippen molar-refractivity contribution in [2.75, 3.05) is 25.1 Å². The summed E-state index contributed by atoms with van der Waals surface area (Å²) in [4.78, 5) is 24.1. The molecule has 0 atom stereocenters.